The number of pyridine rings is 1. The molecule has 114 valence electrons. The maximum atomic E-state index is 12.4. The van der Waals surface area contributed by atoms with Gasteiger partial charge in [-0.25, -0.2) is 4.52 Å². The molecule has 0 saturated heterocycles. The van der Waals surface area contributed by atoms with Crippen LogP contribution >= 0.6 is 0 Å². The number of hydrogen-bond donors (Lipinski definition) is 2. The summed E-state index contributed by atoms with van der Waals surface area (Å²) in [7, 11) is 0. The lowest BCUT2D eigenvalue weighted by atomic mass is 10.2. The van der Waals surface area contributed by atoms with Crippen molar-refractivity contribution in [2.75, 3.05) is 17.2 Å². The van der Waals surface area contributed by atoms with Crippen molar-refractivity contribution in [3.8, 4) is 5.75 Å². The molecule has 0 saturated carbocycles. The Kier molecular flexibility index (Phi) is 2.97. The molecule has 3 heterocycles. The summed E-state index contributed by atoms with van der Waals surface area (Å²) in [6.45, 7) is 0.00109. The van der Waals surface area contributed by atoms with E-state index in [4.69, 9.17) is 4.74 Å². The number of carbonyl (C=O) groups is 2. The minimum absolute atomic E-state index is 0.00109. The van der Waals surface area contributed by atoms with Gasteiger partial charge in [-0.3, -0.25) is 9.59 Å². The molecule has 3 aromatic rings. The quantitative estimate of drug-likeness (QED) is 0.757. The lowest BCUT2D eigenvalue weighted by Crippen LogP contribution is -2.25. The average Bonchev–Trinajstić information content (AvgIpc) is 2.98. The van der Waals surface area contributed by atoms with Crippen molar-refractivity contribution < 1.29 is 14.3 Å². The van der Waals surface area contributed by atoms with Crippen molar-refractivity contribution in [3.05, 3.63) is 54.4 Å². The van der Waals surface area contributed by atoms with Gasteiger partial charge in [-0.05, 0) is 30.3 Å². The van der Waals surface area contributed by atoms with E-state index >= 15 is 0 Å². The molecule has 4 rings (SSSR count). The van der Waals surface area contributed by atoms with E-state index in [1.54, 1.807) is 28.9 Å². The molecule has 0 fully saturated rings. The van der Waals surface area contributed by atoms with Gasteiger partial charge < -0.3 is 15.4 Å². The Labute approximate surface area is 130 Å². The molecular weight excluding hydrogens is 296 g/mol. The van der Waals surface area contributed by atoms with Gasteiger partial charge in [0, 0.05) is 11.9 Å². The van der Waals surface area contributed by atoms with Gasteiger partial charge in [-0.15, -0.1) is 0 Å². The van der Waals surface area contributed by atoms with Gasteiger partial charge in [-0.1, -0.05) is 6.07 Å². The molecule has 2 amide bonds. The molecule has 0 aliphatic carbocycles. The molecule has 0 unspecified atom stereocenters. The molecule has 1 aromatic carbocycles. The lowest BCUT2D eigenvalue weighted by Gasteiger charge is -2.18. The number of carbonyl (C=O) groups excluding carboxylic acids is 2. The first-order valence-electron chi connectivity index (χ1n) is 7.01. The van der Waals surface area contributed by atoms with Crippen molar-refractivity contribution in [2.45, 2.75) is 0 Å². The molecular formula is C16H12N4O3. The third kappa shape index (κ3) is 2.38. The van der Waals surface area contributed by atoms with Gasteiger partial charge in [0.05, 0.1) is 23.0 Å². The monoisotopic (exact) mass is 308 g/mol. The molecule has 23 heavy (non-hydrogen) atoms. The van der Waals surface area contributed by atoms with Gasteiger partial charge in [0.2, 0.25) is 0 Å². The molecule has 1 aliphatic rings. The summed E-state index contributed by atoms with van der Waals surface area (Å²) >= 11 is 0. The van der Waals surface area contributed by atoms with Crippen LogP contribution in [0, 0.1) is 0 Å². The van der Waals surface area contributed by atoms with Crippen LogP contribution in [0.4, 0.5) is 11.4 Å². The highest BCUT2D eigenvalue weighted by atomic mass is 16.5. The Hall–Kier alpha value is -3.35. The number of rotatable bonds is 2. The van der Waals surface area contributed by atoms with E-state index in [-0.39, 0.29) is 18.4 Å². The van der Waals surface area contributed by atoms with E-state index in [0.29, 0.717) is 22.7 Å². The lowest BCUT2D eigenvalue weighted by molar-refractivity contribution is -0.118. The van der Waals surface area contributed by atoms with Gasteiger partial charge in [0.1, 0.15) is 5.75 Å². The molecule has 0 radical (unpaired) electrons. The number of amides is 2. The third-order valence-corrected chi connectivity index (χ3v) is 3.54. The fourth-order valence-electron chi connectivity index (χ4n) is 2.47. The van der Waals surface area contributed by atoms with Crippen LogP contribution in [0.2, 0.25) is 0 Å². The molecule has 7 heteroatoms. The van der Waals surface area contributed by atoms with Crippen LogP contribution in [-0.4, -0.2) is 28.0 Å². The Bertz CT molecular complexity index is 932. The molecule has 0 spiro atoms. The summed E-state index contributed by atoms with van der Waals surface area (Å²) in [5.74, 6) is 0.0939. The first-order chi connectivity index (χ1) is 11.2. The maximum Gasteiger partial charge on any atom is 0.262 e. The first kappa shape index (κ1) is 13.3. The van der Waals surface area contributed by atoms with Crippen molar-refractivity contribution in [1.29, 1.82) is 0 Å². The molecule has 0 atom stereocenters. The second kappa shape index (κ2) is 5.13. The molecule has 1 aliphatic heterocycles. The normalized spacial score (nSPS) is 13.1. The minimum Gasteiger partial charge on any atom is -0.482 e. The standard InChI is InChI=1S/C16H12N4O3/c21-15-9-23-14-5-4-10(7-12(14)19-15)18-16(22)11-8-17-20-6-2-1-3-13(11)20/h1-8H,9H2,(H,18,22)(H,19,21). The molecule has 0 bridgehead atoms. The number of nitrogens with one attached hydrogen (secondary N) is 2. The summed E-state index contributed by atoms with van der Waals surface area (Å²) in [4.78, 5) is 23.8. The van der Waals surface area contributed by atoms with Crippen molar-refractivity contribution >= 4 is 28.7 Å². The van der Waals surface area contributed by atoms with Crippen LogP contribution in [0.15, 0.2) is 48.8 Å². The molecule has 7 nitrogen and oxygen atoms in total. The highest BCUT2D eigenvalue weighted by molar-refractivity contribution is 6.09. The summed E-state index contributed by atoms with van der Waals surface area (Å²) < 4.78 is 6.92. The van der Waals surface area contributed by atoms with E-state index in [2.05, 4.69) is 15.7 Å². The van der Waals surface area contributed by atoms with Crippen LogP contribution in [0.25, 0.3) is 5.52 Å². The fourth-order valence-corrected chi connectivity index (χ4v) is 2.47. The Morgan fingerprint density at radius 3 is 3.13 bits per heavy atom. The van der Waals surface area contributed by atoms with Crippen LogP contribution in [0.5, 0.6) is 5.75 Å². The number of ether oxygens (including phenoxy) is 1. The number of anilines is 2. The van der Waals surface area contributed by atoms with E-state index in [9.17, 15) is 9.59 Å². The van der Waals surface area contributed by atoms with Crippen molar-refractivity contribution in [3.63, 3.8) is 0 Å². The predicted octanol–water partition coefficient (Wildman–Crippen LogP) is 1.92. The van der Waals surface area contributed by atoms with E-state index in [0.717, 1.165) is 5.52 Å². The van der Waals surface area contributed by atoms with Crippen molar-refractivity contribution in [1.82, 2.24) is 9.61 Å². The largest absolute Gasteiger partial charge is 0.482 e. The fraction of sp³-hybridized carbons (Fsp3) is 0.0625. The summed E-state index contributed by atoms with van der Waals surface area (Å²) in [6, 6.07) is 10.6. The summed E-state index contributed by atoms with van der Waals surface area (Å²) in [6.07, 6.45) is 3.30. The molecule has 2 N–H and O–H groups in total. The van der Waals surface area contributed by atoms with Crippen molar-refractivity contribution in [2.24, 2.45) is 0 Å². The van der Waals surface area contributed by atoms with Crippen LogP contribution in [0.3, 0.4) is 0 Å². The Morgan fingerprint density at radius 2 is 2.22 bits per heavy atom. The molecule has 2 aromatic heterocycles. The number of nitrogens with zero attached hydrogens (tertiary/aromatic N) is 2. The minimum atomic E-state index is -0.269. The van der Waals surface area contributed by atoms with Gasteiger partial charge in [-0.2, -0.15) is 5.10 Å². The van der Waals surface area contributed by atoms with Gasteiger partial charge >= 0.3 is 0 Å². The number of hydrogen-bond acceptors (Lipinski definition) is 4. The highest BCUT2D eigenvalue weighted by Gasteiger charge is 2.17. The number of fused-ring (bicyclic) bond motifs is 2. The van der Waals surface area contributed by atoms with Gasteiger partial charge in [0.25, 0.3) is 11.8 Å². The average molecular weight is 308 g/mol. The summed E-state index contributed by atoms with van der Waals surface area (Å²) in [5.41, 5.74) is 2.30. The zero-order valence-electron chi connectivity index (χ0n) is 11.9. The zero-order chi connectivity index (χ0) is 15.8. The Morgan fingerprint density at radius 1 is 1.30 bits per heavy atom. The van der Waals surface area contributed by atoms with E-state index < -0.39 is 0 Å². The second-order valence-corrected chi connectivity index (χ2v) is 5.09. The number of benzene rings is 1. The predicted molar refractivity (Wildman–Crippen MR) is 83.7 cm³/mol. The first-order valence-corrected chi connectivity index (χ1v) is 7.01. The zero-order valence-corrected chi connectivity index (χ0v) is 11.9. The number of aromatic nitrogens is 2. The summed E-state index contributed by atoms with van der Waals surface area (Å²) in [5, 5.41) is 9.65. The Balaban J connectivity index is 1.62. The topological polar surface area (TPSA) is 84.7 Å². The third-order valence-electron chi connectivity index (χ3n) is 3.54. The maximum absolute atomic E-state index is 12.4. The SMILES string of the molecule is O=C1COc2ccc(NC(=O)c3cnn4ccccc34)cc2N1. The smallest absolute Gasteiger partial charge is 0.262 e. The van der Waals surface area contributed by atoms with Crippen LogP contribution in [0.1, 0.15) is 10.4 Å². The van der Waals surface area contributed by atoms with Crippen LogP contribution in [-0.2, 0) is 4.79 Å². The van der Waals surface area contributed by atoms with E-state index in [1.165, 1.54) is 6.20 Å². The highest BCUT2D eigenvalue weighted by Crippen LogP contribution is 2.30. The van der Waals surface area contributed by atoms with Gasteiger partial charge in [0.15, 0.2) is 6.61 Å². The van der Waals surface area contributed by atoms with E-state index in [1.807, 2.05) is 18.2 Å². The van der Waals surface area contributed by atoms with Crippen LogP contribution < -0.4 is 15.4 Å². The second-order valence-electron chi connectivity index (χ2n) is 5.09.